The molecule has 0 rings (SSSR count). The van der Waals surface area contributed by atoms with Crippen molar-refractivity contribution in [3.05, 3.63) is 0 Å². The number of carbonyl (C=O) groups excluding carboxylic acids is 1. The van der Waals surface area contributed by atoms with Gasteiger partial charge in [-0.3, -0.25) is 0 Å². The molecule has 0 aromatic heterocycles. The van der Waals surface area contributed by atoms with Crippen LogP contribution in [0.15, 0.2) is 0 Å². The first kappa shape index (κ1) is 8.95. The maximum atomic E-state index is 10.6. The Kier molecular flexibility index (Phi) is 4.77. The molecule has 1 atom stereocenters. The zero-order valence-electron chi connectivity index (χ0n) is 5.59. The summed E-state index contributed by atoms with van der Waals surface area (Å²) < 4.78 is 4.41. The molecule has 0 spiro atoms. The molecule has 9 heavy (non-hydrogen) atoms. The molecular formula is C5H11NO2Se. The first-order valence-electron chi connectivity index (χ1n) is 2.54. The van der Waals surface area contributed by atoms with Crippen molar-refractivity contribution in [2.75, 3.05) is 7.11 Å². The third-order valence-electron chi connectivity index (χ3n) is 0.850. The van der Waals surface area contributed by atoms with Gasteiger partial charge in [-0.2, -0.15) is 0 Å². The molecule has 54 valence electrons. The minimum absolute atomic E-state index is 0.307. The average Bonchev–Trinajstić information content (AvgIpc) is 1.87. The second-order valence-corrected chi connectivity index (χ2v) is 3.50. The topological polar surface area (TPSA) is 52.3 Å². The van der Waals surface area contributed by atoms with Gasteiger partial charge in [0.25, 0.3) is 0 Å². The molecule has 0 aromatic carbocycles. The number of esters is 1. The molecule has 2 N–H and O–H groups in total. The van der Waals surface area contributed by atoms with Crippen LogP contribution in [-0.2, 0) is 9.53 Å². The van der Waals surface area contributed by atoms with Gasteiger partial charge < -0.3 is 0 Å². The Labute approximate surface area is 61.1 Å². The number of hydrogen-bond donors (Lipinski definition) is 1. The Morgan fingerprint density at radius 1 is 1.89 bits per heavy atom. The Morgan fingerprint density at radius 2 is 2.44 bits per heavy atom. The van der Waals surface area contributed by atoms with Crippen LogP contribution in [0.5, 0.6) is 0 Å². The Morgan fingerprint density at radius 3 is 2.78 bits per heavy atom. The van der Waals surface area contributed by atoms with Crippen LogP contribution >= 0.6 is 0 Å². The first-order valence-corrected chi connectivity index (χ1v) is 5.47. The van der Waals surface area contributed by atoms with E-state index in [-0.39, 0.29) is 5.97 Å². The van der Waals surface area contributed by atoms with Gasteiger partial charge in [0.1, 0.15) is 0 Å². The fourth-order valence-electron chi connectivity index (χ4n) is 0.399. The van der Waals surface area contributed by atoms with E-state index < -0.39 is 6.04 Å². The van der Waals surface area contributed by atoms with Crippen molar-refractivity contribution in [1.29, 1.82) is 0 Å². The molecule has 0 heterocycles. The van der Waals surface area contributed by atoms with Crippen LogP contribution in [0.3, 0.4) is 0 Å². The second kappa shape index (κ2) is 4.79. The van der Waals surface area contributed by atoms with Crippen molar-refractivity contribution in [2.24, 2.45) is 5.73 Å². The summed E-state index contributed by atoms with van der Waals surface area (Å²) >= 11 is 0.452. The fourth-order valence-corrected chi connectivity index (χ4v) is 1.44. The average molecular weight is 196 g/mol. The van der Waals surface area contributed by atoms with Crippen molar-refractivity contribution in [1.82, 2.24) is 0 Å². The van der Waals surface area contributed by atoms with Crippen LogP contribution in [0.1, 0.15) is 0 Å². The predicted molar refractivity (Wildman–Crippen MR) is 36.4 cm³/mol. The van der Waals surface area contributed by atoms with Gasteiger partial charge in [0, 0.05) is 0 Å². The summed E-state index contributed by atoms with van der Waals surface area (Å²) in [6.45, 7) is 0. The molecule has 0 bridgehead atoms. The summed E-state index contributed by atoms with van der Waals surface area (Å²) in [5, 5.41) is 0.764. The number of rotatable bonds is 3. The molecule has 0 saturated heterocycles. The summed E-state index contributed by atoms with van der Waals surface area (Å²) in [4.78, 5) is 10.6. The van der Waals surface area contributed by atoms with Crippen molar-refractivity contribution in [3.63, 3.8) is 0 Å². The summed E-state index contributed by atoms with van der Waals surface area (Å²) in [7, 11) is 1.35. The quantitative estimate of drug-likeness (QED) is 0.496. The molecule has 0 fully saturated rings. The van der Waals surface area contributed by atoms with Gasteiger partial charge in [-0.25, -0.2) is 0 Å². The maximum absolute atomic E-state index is 10.6. The van der Waals surface area contributed by atoms with E-state index in [9.17, 15) is 4.79 Å². The van der Waals surface area contributed by atoms with E-state index in [2.05, 4.69) is 4.74 Å². The summed E-state index contributed by atoms with van der Waals surface area (Å²) in [6, 6.07) is -0.403. The summed E-state index contributed by atoms with van der Waals surface area (Å²) in [6.07, 6.45) is 0. The molecule has 1 unspecified atom stereocenters. The van der Waals surface area contributed by atoms with Crippen LogP contribution in [0.4, 0.5) is 0 Å². The number of nitrogens with two attached hydrogens (primary N) is 1. The number of carbonyl (C=O) groups is 1. The van der Waals surface area contributed by atoms with Gasteiger partial charge in [-0.05, 0) is 0 Å². The van der Waals surface area contributed by atoms with Crippen LogP contribution in [0.25, 0.3) is 0 Å². The first-order chi connectivity index (χ1) is 4.22. The van der Waals surface area contributed by atoms with Crippen LogP contribution in [-0.4, -0.2) is 34.1 Å². The minimum atomic E-state index is -0.403. The third kappa shape index (κ3) is 3.51. The number of hydrogen-bond acceptors (Lipinski definition) is 3. The molecule has 3 nitrogen and oxygen atoms in total. The van der Waals surface area contributed by atoms with E-state index in [0.717, 1.165) is 5.32 Å². The molecule has 0 aromatic rings. The predicted octanol–water partition coefficient (Wildman–Crippen LogP) is -0.343. The molecule has 0 radical (unpaired) electrons. The van der Waals surface area contributed by atoms with Gasteiger partial charge >= 0.3 is 60.5 Å². The summed E-state index contributed by atoms with van der Waals surface area (Å²) in [5.41, 5.74) is 5.38. The van der Waals surface area contributed by atoms with Gasteiger partial charge in [0.2, 0.25) is 0 Å². The van der Waals surface area contributed by atoms with E-state index >= 15 is 0 Å². The molecule has 0 aliphatic heterocycles. The standard InChI is InChI=1S/C5H11NO2Se/c1-8-5(7)4(6)3-9-2/h4H,3,6H2,1-2H3. The fraction of sp³-hybridized carbons (Fsp3) is 0.800. The van der Waals surface area contributed by atoms with E-state index in [1.165, 1.54) is 7.11 Å². The third-order valence-corrected chi connectivity index (χ3v) is 2.30. The van der Waals surface area contributed by atoms with Crippen molar-refractivity contribution in [2.45, 2.75) is 17.2 Å². The molecule has 0 aliphatic carbocycles. The van der Waals surface area contributed by atoms with Crippen molar-refractivity contribution < 1.29 is 9.53 Å². The van der Waals surface area contributed by atoms with Crippen LogP contribution in [0, 0.1) is 0 Å². The van der Waals surface area contributed by atoms with E-state index in [0.29, 0.717) is 15.0 Å². The van der Waals surface area contributed by atoms with Gasteiger partial charge in [0.05, 0.1) is 0 Å². The zero-order valence-corrected chi connectivity index (χ0v) is 7.30. The second-order valence-electron chi connectivity index (χ2n) is 1.58. The molecule has 4 heteroatoms. The van der Waals surface area contributed by atoms with E-state index in [1.54, 1.807) is 0 Å². The molecule has 0 saturated carbocycles. The molecular weight excluding hydrogens is 185 g/mol. The number of methoxy groups -OCH3 is 1. The molecule has 0 aliphatic rings. The van der Waals surface area contributed by atoms with Crippen molar-refractivity contribution >= 4 is 20.9 Å². The SMILES string of the molecule is COC(=O)C(N)C[Se]C. The van der Waals surface area contributed by atoms with Crippen molar-refractivity contribution in [3.8, 4) is 0 Å². The Hall–Kier alpha value is -0.0505. The normalized spacial score (nSPS) is 12.8. The Bertz CT molecular complexity index is 97.0. The van der Waals surface area contributed by atoms with Gasteiger partial charge in [-0.1, -0.05) is 0 Å². The summed E-state index contributed by atoms with van der Waals surface area (Å²) in [5.74, 6) is 1.73. The molecule has 0 amide bonds. The van der Waals surface area contributed by atoms with E-state index in [1.807, 2.05) is 5.82 Å². The van der Waals surface area contributed by atoms with Crippen LogP contribution in [0.2, 0.25) is 11.1 Å². The van der Waals surface area contributed by atoms with Gasteiger partial charge in [0.15, 0.2) is 0 Å². The zero-order chi connectivity index (χ0) is 7.28. The monoisotopic (exact) mass is 197 g/mol. The van der Waals surface area contributed by atoms with Gasteiger partial charge in [-0.15, -0.1) is 0 Å². The number of ether oxygens (including phenoxy) is 1. The van der Waals surface area contributed by atoms with Crippen LogP contribution < -0.4 is 5.73 Å². The van der Waals surface area contributed by atoms with E-state index in [4.69, 9.17) is 5.73 Å². The Balaban J connectivity index is 3.45.